The van der Waals surface area contributed by atoms with Gasteiger partial charge in [-0.15, -0.1) is 0 Å². The number of allylic oxidation sites excluding steroid dienone is 6. The van der Waals surface area contributed by atoms with Crippen LogP contribution in [0.5, 0.6) is 5.75 Å². The van der Waals surface area contributed by atoms with Gasteiger partial charge in [-0.1, -0.05) is 30.4 Å². The average Bonchev–Trinajstić information content (AvgIpc) is 3.12. The summed E-state index contributed by atoms with van der Waals surface area (Å²) >= 11 is 0. The Morgan fingerprint density at radius 3 is 2.59 bits per heavy atom. The molecule has 0 radical (unpaired) electrons. The van der Waals surface area contributed by atoms with E-state index in [0.29, 0.717) is 39.5 Å². The van der Waals surface area contributed by atoms with E-state index < -0.39 is 18.0 Å². The molecule has 27 heavy (non-hydrogen) atoms. The molecule has 6 heteroatoms. The third-order valence-electron chi connectivity index (χ3n) is 4.23. The van der Waals surface area contributed by atoms with Crippen molar-refractivity contribution < 1.29 is 28.6 Å². The van der Waals surface area contributed by atoms with Gasteiger partial charge in [0.2, 0.25) is 0 Å². The first-order valence-electron chi connectivity index (χ1n) is 8.36. The van der Waals surface area contributed by atoms with E-state index >= 15 is 0 Å². The van der Waals surface area contributed by atoms with Crippen molar-refractivity contribution in [3.05, 3.63) is 64.1 Å². The van der Waals surface area contributed by atoms with Crippen molar-refractivity contribution in [3.8, 4) is 5.75 Å². The summed E-state index contributed by atoms with van der Waals surface area (Å²) < 4.78 is 15.9. The fourth-order valence-corrected chi connectivity index (χ4v) is 3.13. The normalized spacial score (nSPS) is 18.2. The number of fused-ring (bicyclic) bond motifs is 3. The molecule has 0 saturated carbocycles. The predicted molar refractivity (Wildman–Crippen MR) is 97.6 cm³/mol. The summed E-state index contributed by atoms with van der Waals surface area (Å²) in [5, 5.41) is 0.936. The lowest BCUT2D eigenvalue weighted by Gasteiger charge is -2.11. The van der Waals surface area contributed by atoms with Gasteiger partial charge >= 0.3 is 5.97 Å². The summed E-state index contributed by atoms with van der Waals surface area (Å²) in [6.07, 6.45) is 9.09. The molecule has 0 fully saturated rings. The van der Waals surface area contributed by atoms with Gasteiger partial charge in [0.05, 0.1) is 0 Å². The van der Waals surface area contributed by atoms with E-state index in [0.717, 1.165) is 0 Å². The third-order valence-corrected chi connectivity index (χ3v) is 4.23. The van der Waals surface area contributed by atoms with Gasteiger partial charge < -0.3 is 14.2 Å². The van der Waals surface area contributed by atoms with Crippen LogP contribution in [0.2, 0.25) is 0 Å². The van der Waals surface area contributed by atoms with Crippen molar-refractivity contribution in [2.45, 2.75) is 27.1 Å². The molecule has 1 aromatic carbocycles. The Kier molecular flexibility index (Phi) is 5.07. The lowest BCUT2D eigenvalue weighted by molar-refractivity contribution is -0.151. The van der Waals surface area contributed by atoms with Crippen LogP contribution in [0.4, 0.5) is 0 Å². The Bertz CT molecular complexity index is 1040. The van der Waals surface area contributed by atoms with Crippen molar-refractivity contribution >= 4 is 29.6 Å². The molecule has 2 aliphatic heterocycles. The van der Waals surface area contributed by atoms with Crippen molar-refractivity contribution in [2.24, 2.45) is 0 Å². The average molecular weight is 366 g/mol. The van der Waals surface area contributed by atoms with Gasteiger partial charge in [-0.2, -0.15) is 0 Å². The number of carbonyl (C=O) groups is 3. The summed E-state index contributed by atoms with van der Waals surface area (Å²) in [7, 11) is 0. The molecule has 0 bridgehead atoms. The zero-order chi connectivity index (χ0) is 19.6. The Morgan fingerprint density at radius 2 is 1.89 bits per heavy atom. The van der Waals surface area contributed by atoms with Crippen LogP contribution in [0.1, 0.15) is 31.3 Å². The van der Waals surface area contributed by atoms with Crippen LogP contribution in [0, 0.1) is 6.92 Å². The van der Waals surface area contributed by atoms with E-state index in [9.17, 15) is 14.4 Å². The molecule has 2 aliphatic rings. The molecule has 0 amide bonds. The first-order chi connectivity index (χ1) is 13.0. The van der Waals surface area contributed by atoms with E-state index in [-0.39, 0.29) is 5.57 Å². The largest absolute Gasteiger partial charge is 0.454 e. The monoisotopic (exact) mass is 366 g/mol. The third kappa shape index (κ3) is 3.21. The van der Waals surface area contributed by atoms with Gasteiger partial charge in [0.15, 0.2) is 5.78 Å². The van der Waals surface area contributed by atoms with Crippen molar-refractivity contribution in [3.63, 3.8) is 0 Å². The second-order valence-corrected chi connectivity index (χ2v) is 6.00. The molecule has 6 nitrogen and oxygen atoms in total. The molecule has 1 atom stereocenters. The number of ketones is 1. The predicted octanol–water partition coefficient (Wildman–Crippen LogP) is 1.65. The minimum absolute atomic E-state index is 0.0599. The maximum Gasteiger partial charge on any atom is 0.348 e. The molecule has 138 valence electrons. The topological polar surface area (TPSA) is 78.9 Å². The van der Waals surface area contributed by atoms with Crippen LogP contribution in [0.3, 0.4) is 0 Å². The molecular weight excluding hydrogens is 348 g/mol. The molecular formula is C21H18O6. The lowest BCUT2D eigenvalue weighted by atomic mass is 10.0. The minimum Gasteiger partial charge on any atom is -0.454 e. The number of esters is 1. The SMILES string of the molecule is CC=CC=CC=CC(=O)C1=c2c(c(C)cc3c2=C(C)OC3OC=O)OC1=O. The number of carbonyl (C=O) groups excluding carboxylic acids is 3. The standard InChI is InChI=1S/C21H18O6/c1-4-5-6-7-8-9-15(23)17-18-16-13(3)26-21(25-11-22)14(16)10-12(2)19(18)27-20(17)24/h4-11,21H,1-3H3. The van der Waals surface area contributed by atoms with E-state index in [1.807, 2.05) is 19.1 Å². The van der Waals surface area contributed by atoms with Gasteiger partial charge in [-0.3, -0.25) is 9.59 Å². The summed E-state index contributed by atoms with van der Waals surface area (Å²) in [4.78, 5) is 35.8. The minimum atomic E-state index is -0.909. The zero-order valence-electron chi connectivity index (χ0n) is 15.1. The van der Waals surface area contributed by atoms with Gasteiger partial charge in [0.25, 0.3) is 12.8 Å². The first-order valence-corrected chi connectivity index (χ1v) is 8.36. The second kappa shape index (κ2) is 7.45. The summed E-state index contributed by atoms with van der Waals surface area (Å²) in [5.74, 6) is -0.395. The van der Waals surface area contributed by atoms with E-state index in [1.54, 1.807) is 38.1 Å². The van der Waals surface area contributed by atoms with Crippen LogP contribution in [-0.2, 0) is 23.9 Å². The van der Waals surface area contributed by atoms with Gasteiger partial charge in [0.1, 0.15) is 17.1 Å². The number of ether oxygens (including phenoxy) is 3. The van der Waals surface area contributed by atoms with Crippen LogP contribution in [-0.4, -0.2) is 18.2 Å². The number of aryl methyl sites for hydroxylation is 1. The molecule has 3 rings (SSSR count). The Balaban J connectivity index is 2.20. The molecule has 0 spiro atoms. The van der Waals surface area contributed by atoms with Gasteiger partial charge in [-0.25, -0.2) is 4.79 Å². The van der Waals surface area contributed by atoms with Crippen LogP contribution >= 0.6 is 0 Å². The zero-order valence-corrected chi connectivity index (χ0v) is 15.1. The lowest BCUT2D eigenvalue weighted by Crippen LogP contribution is -2.31. The molecule has 0 aromatic heterocycles. The molecule has 0 aliphatic carbocycles. The van der Waals surface area contributed by atoms with Crippen molar-refractivity contribution in [1.82, 2.24) is 0 Å². The quantitative estimate of drug-likeness (QED) is 0.250. The highest BCUT2D eigenvalue weighted by Crippen LogP contribution is 2.29. The van der Waals surface area contributed by atoms with E-state index in [2.05, 4.69) is 0 Å². The maximum absolute atomic E-state index is 12.7. The van der Waals surface area contributed by atoms with E-state index in [4.69, 9.17) is 14.2 Å². The highest BCUT2D eigenvalue weighted by molar-refractivity contribution is 6.43. The molecule has 1 unspecified atom stereocenters. The smallest absolute Gasteiger partial charge is 0.348 e. The van der Waals surface area contributed by atoms with Crippen molar-refractivity contribution in [2.75, 3.05) is 0 Å². The maximum atomic E-state index is 12.7. The van der Waals surface area contributed by atoms with Crippen LogP contribution < -0.4 is 15.2 Å². The van der Waals surface area contributed by atoms with Gasteiger partial charge in [0, 0.05) is 16.0 Å². The van der Waals surface area contributed by atoms with Crippen LogP contribution in [0.15, 0.2) is 42.5 Å². The highest BCUT2D eigenvalue weighted by Gasteiger charge is 2.34. The number of hydrogen-bond acceptors (Lipinski definition) is 6. The number of benzene rings is 1. The molecule has 1 aromatic rings. The highest BCUT2D eigenvalue weighted by atomic mass is 16.7. The molecule has 0 N–H and O–H groups in total. The van der Waals surface area contributed by atoms with E-state index in [1.165, 1.54) is 6.08 Å². The number of rotatable bonds is 6. The fourth-order valence-electron chi connectivity index (χ4n) is 3.13. The summed E-state index contributed by atoms with van der Waals surface area (Å²) in [5.41, 5.74) is 1.17. The van der Waals surface area contributed by atoms with Crippen molar-refractivity contribution in [1.29, 1.82) is 0 Å². The fraction of sp³-hybridized carbons (Fsp3) is 0.190. The Labute approximate surface area is 155 Å². The summed E-state index contributed by atoms with van der Waals surface area (Å²) in [6, 6.07) is 1.73. The Morgan fingerprint density at radius 1 is 1.15 bits per heavy atom. The molecule has 0 saturated heterocycles. The van der Waals surface area contributed by atoms with Gasteiger partial charge in [-0.05, 0) is 38.5 Å². The summed E-state index contributed by atoms with van der Waals surface area (Å²) in [6.45, 7) is 5.61. The molecule has 2 heterocycles. The second-order valence-electron chi connectivity index (χ2n) is 6.00. The number of hydrogen-bond donors (Lipinski definition) is 0. The first kappa shape index (κ1) is 18.4. The Hall–Kier alpha value is -3.41. The van der Waals surface area contributed by atoms with Crippen LogP contribution in [0.25, 0.3) is 11.3 Å².